The van der Waals surface area contributed by atoms with Crippen molar-refractivity contribution in [3.63, 3.8) is 0 Å². The van der Waals surface area contributed by atoms with Gasteiger partial charge in [0.1, 0.15) is 11.0 Å². The summed E-state index contributed by atoms with van der Waals surface area (Å²) in [6, 6.07) is 12.4. The molecule has 5 rings (SSSR count). The molecule has 9 heteroatoms. The Bertz CT molecular complexity index is 1330. The lowest BCUT2D eigenvalue weighted by atomic mass is 9.81. The summed E-state index contributed by atoms with van der Waals surface area (Å²) in [5.41, 5.74) is 3.62. The minimum atomic E-state index is -1.06. The second kappa shape index (κ2) is 9.81. The molecule has 36 heavy (non-hydrogen) atoms. The fourth-order valence-corrected chi connectivity index (χ4v) is 6.05. The van der Waals surface area contributed by atoms with Gasteiger partial charge in [0.2, 0.25) is 11.8 Å². The molecule has 2 heterocycles. The number of nitrogens with one attached hydrogen (secondary N) is 1. The maximum atomic E-state index is 12.7. The maximum Gasteiger partial charge on any atom is 0.329 e. The zero-order valence-electron chi connectivity index (χ0n) is 20.2. The molecule has 1 saturated heterocycles. The predicted octanol–water partition coefficient (Wildman–Crippen LogP) is 4.32. The van der Waals surface area contributed by atoms with Gasteiger partial charge in [-0.1, -0.05) is 18.9 Å². The number of nitrogens with zero attached hydrogens (tertiary/aromatic N) is 2. The first-order chi connectivity index (χ1) is 17.3. The summed E-state index contributed by atoms with van der Waals surface area (Å²) in [6.07, 6.45) is 3.17. The van der Waals surface area contributed by atoms with Crippen molar-refractivity contribution >= 4 is 50.9 Å². The van der Waals surface area contributed by atoms with Crippen LogP contribution in [0.4, 0.5) is 5.69 Å². The van der Waals surface area contributed by atoms with Crippen molar-refractivity contribution in [2.24, 2.45) is 11.8 Å². The van der Waals surface area contributed by atoms with Crippen LogP contribution in [0.1, 0.15) is 38.2 Å². The van der Waals surface area contributed by atoms with E-state index in [9.17, 15) is 19.2 Å². The van der Waals surface area contributed by atoms with Crippen LogP contribution in [0.3, 0.4) is 0 Å². The van der Waals surface area contributed by atoms with Crippen molar-refractivity contribution in [2.75, 3.05) is 11.9 Å². The van der Waals surface area contributed by atoms with Crippen molar-refractivity contribution in [3.8, 4) is 10.6 Å². The number of hydrogen-bond donors (Lipinski definition) is 1. The van der Waals surface area contributed by atoms with Crippen LogP contribution < -0.4 is 5.32 Å². The molecule has 186 valence electrons. The highest BCUT2D eigenvalue weighted by Crippen LogP contribution is 2.39. The molecule has 2 aliphatic rings. The average Bonchev–Trinajstić information content (AvgIpc) is 3.41. The molecular formula is C27H27N3O5S. The van der Waals surface area contributed by atoms with Crippen molar-refractivity contribution in [1.29, 1.82) is 0 Å². The Morgan fingerprint density at radius 3 is 2.42 bits per heavy atom. The van der Waals surface area contributed by atoms with Gasteiger partial charge in [-0.05, 0) is 68.7 Å². The molecule has 1 aliphatic heterocycles. The first kappa shape index (κ1) is 24.1. The normalized spacial score (nSPS) is 20.3. The van der Waals surface area contributed by atoms with Gasteiger partial charge < -0.3 is 10.1 Å². The number of thiazole rings is 1. The van der Waals surface area contributed by atoms with Gasteiger partial charge >= 0.3 is 5.97 Å². The smallest absolute Gasteiger partial charge is 0.329 e. The number of anilines is 1. The topological polar surface area (TPSA) is 106 Å². The third-order valence-electron chi connectivity index (χ3n) is 6.91. The van der Waals surface area contributed by atoms with Crippen molar-refractivity contribution in [3.05, 3.63) is 48.0 Å². The second-order valence-electron chi connectivity index (χ2n) is 9.44. The number of carbonyl (C=O) groups excluding carboxylic acids is 4. The van der Waals surface area contributed by atoms with Gasteiger partial charge in [0, 0.05) is 11.3 Å². The number of aromatic nitrogens is 1. The molecule has 0 spiro atoms. The van der Waals surface area contributed by atoms with E-state index in [1.54, 1.807) is 23.5 Å². The molecule has 0 bridgehead atoms. The SMILES string of the molecule is Cc1ccc2nc(-c3ccc(NC(=O)COC(=O)[C@H](C)N4C(=O)[C@H]5CCCC[C@@H]5C4=O)cc3)sc2c1. The van der Waals surface area contributed by atoms with Crippen LogP contribution in [0, 0.1) is 18.8 Å². The van der Waals surface area contributed by atoms with E-state index in [0.717, 1.165) is 38.5 Å². The number of likely N-dealkylation sites (tertiary alicyclic amines) is 1. The van der Waals surface area contributed by atoms with E-state index in [1.807, 2.05) is 31.2 Å². The van der Waals surface area contributed by atoms with Crippen LogP contribution in [0.25, 0.3) is 20.8 Å². The lowest BCUT2D eigenvalue weighted by Gasteiger charge is -2.21. The molecule has 8 nitrogen and oxygen atoms in total. The van der Waals surface area contributed by atoms with Gasteiger partial charge in [-0.15, -0.1) is 11.3 Å². The molecule has 3 atom stereocenters. The summed E-state index contributed by atoms with van der Waals surface area (Å²) in [6.45, 7) is 3.01. The summed E-state index contributed by atoms with van der Waals surface area (Å²) >= 11 is 1.61. The maximum absolute atomic E-state index is 12.7. The van der Waals surface area contributed by atoms with Crippen molar-refractivity contribution in [2.45, 2.75) is 45.6 Å². The fourth-order valence-electron chi connectivity index (χ4n) is 4.98. The molecule has 2 fully saturated rings. The van der Waals surface area contributed by atoms with Crippen LogP contribution in [0.2, 0.25) is 0 Å². The number of carbonyl (C=O) groups is 4. The number of esters is 1. The fraction of sp³-hybridized carbons (Fsp3) is 0.370. The Balaban J connectivity index is 1.15. The minimum Gasteiger partial charge on any atom is -0.454 e. The van der Waals surface area contributed by atoms with E-state index in [2.05, 4.69) is 16.4 Å². The Kier molecular flexibility index (Phi) is 6.57. The van der Waals surface area contributed by atoms with Gasteiger partial charge in [-0.25, -0.2) is 9.78 Å². The van der Waals surface area contributed by atoms with Crippen LogP contribution in [-0.4, -0.2) is 46.2 Å². The second-order valence-corrected chi connectivity index (χ2v) is 10.5. The van der Waals surface area contributed by atoms with E-state index < -0.39 is 24.5 Å². The predicted molar refractivity (Wildman–Crippen MR) is 136 cm³/mol. The summed E-state index contributed by atoms with van der Waals surface area (Å²) in [5, 5.41) is 3.59. The average molecular weight is 506 g/mol. The summed E-state index contributed by atoms with van der Waals surface area (Å²) < 4.78 is 6.25. The van der Waals surface area contributed by atoms with E-state index in [1.165, 1.54) is 12.5 Å². The highest BCUT2D eigenvalue weighted by atomic mass is 32.1. The van der Waals surface area contributed by atoms with Gasteiger partial charge in [0.15, 0.2) is 6.61 Å². The molecule has 1 aromatic heterocycles. The third kappa shape index (κ3) is 4.63. The number of rotatable bonds is 6. The van der Waals surface area contributed by atoms with Gasteiger partial charge in [0.25, 0.3) is 5.91 Å². The quantitative estimate of drug-likeness (QED) is 0.395. The van der Waals surface area contributed by atoms with Gasteiger partial charge in [0.05, 0.1) is 22.1 Å². The van der Waals surface area contributed by atoms with Crippen molar-refractivity contribution < 1.29 is 23.9 Å². The van der Waals surface area contributed by atoms with E-state index in [0.29, 0.717) is 18.5 Å². The van der Waals surface area contributed by atoms with Crippen LogP contribution in [-0.2, 0) is 23.9 Å². The highest BCUT2D eigenvalue weighted by Gasteiger charge is 2.51. The van der Waals surface area contributed by atoms with Crippen LogP contribution >= 0.6 is 11.3 Å². The molecule has 0 unspecified atom stereocenters. The number of fused-ring (bicyclic) bond motifs is 2. The number of ether oxygens (including phenoxy) is 1. The molecule has 1 aliphatic carbocycles. The zero-order valence-corrected chi connectivity index (χ0v) is 21.0. The lowest BCUT2D eigenvalue weighted by molar-refractivity contribution is -0.159. The largest absolute Gasteiger partial charge is 0.454 e. The summed E-state index contributed by atoms with van der Waals surface area (Å²) in [5.74, 6) is -2.55. The summed E-state index contributed by atoms with van der Waals surface area (Å²) in [4.78, 5) is 55.9. The summed E-state index contributed by atoms with van der Waals surface area (Å²) in [7, 11) is 0. The Hall–Kier alpha value is -3.59. The number of aryl methyl sites for hydroxylation is 1. The number of hydrogen-bond acceptors (Lipinski definition) is 7. The first-order valence-electron chi connectivity index (χ1n) is 12.1. The molecule has 1 saturated carbocycles. The van der Waals surface area contributed by atoms with E-state index in [4.69, 9.17) is 4.74 Å². The molecule has 0 radical (unpaired) electrons. The van der Waals surface area contributed by atoms with E-state index >= 15 is 0 Å². The minimum absolute atomic E-state index is 0.304. The van der Waals surface area contributed by atoms with Gasteiger partial charge in [-0.2, -0.15) is 0 Å². The number of imide groups is 1. The Morgan fingerprint density at radius 1 is 1.08 bits per heavy atom. The molecule has 2 aromatic carbocycles. The highest BCUT2D eigenvalue weighted by molar-refractivity contribution is 7.21. The monoisotopic (exact) mass is 505 g/mol. The first-order valence-corrected chi connectivity index (χ1v) is 12.9. The molecule has 3 aromatic rings. The Labute approximate surface area is 212 Å². The van der Waals surface area contributed by atoms with Crippen molar-refractivity contribution in [1.82, 2.24) is 9.88 Å². The Morgan fingerprint density at radius 2 is 1.75 bits per heavy atom. The molecular weight excluding hydrogens is 478 g/mol. The number of amides is 3. The third-order valence-corrected chi connectivity index (χ3v) is 7.98. The van der Waals surface area contributed by atoms with Crippen LogP contribution in [0.5, 0.6) is 0 Å². The number of benzene rings is 2. The lowest BCUT2D eigenvalue weighted by Crippen LogP contribution is -2.45. The van der Waals surface area contributed by atoms with Gasteiger partial charge in [-0.3, -0.25) is 19.3 Å². The molecule has 3 amide bonds. The van der Waals surface area contributed by atoms with E-state index in [-0.39, 0.29) is 23.7 Å². The van der Waals surface area contributed by atoms with Crippen LogP contribution in [0.15, 0.2) is 42.5 Å². The molecule has 1 N–H and O–H groups in total. The standard InChI is InChI=1S/C27H27N3O5S/c1-15-7-12-21-22(13-15)36-24(29-21)17-8-10-18(11-9-17)28-23(31)14-35-27(34)16(2)30-25(32)19-5-3-4-6-20(19)26(30)33/h7-13,16,19-20H,3-6,14H2,1-2H3,(H,28,31)/t16-,19-,20-/m0/s1. The zero-order chi connectivity index (χ0) is 25.4.